The number of amides is 1. The van der Waals surface area contributed by atoms with Crippen LogP contribution in [0.4, 0.5) is 5.69 Å². The van der Waals surface area contributed by atoms with Crippen molar-refractivity contribution in [1.29, 1.82) is 0 Å². The van der Waals surface area contributed by atoms with Crippen molar-refractivity contribution in [3.63, 3.8) is 0 Å². The van der Waals surface area contributed by atoms with Gasteiger partial charge in [-0.15, -0.1) is 0 Å². The Bertz CT molecular complexity index is 745. The second kappa shape index (κ2) is 7.12. The van der Waals surface area contributed by atoms with Gasteiger partial charge in [-0.2, -0.15) is 0 Å². The highest BCUT2D eigenvalue weighted by Gasteiger charge is 2.18. The highest BCUT2D eigenvalue weighted by molar-refractivity contribution is 6.05. The Morgan fingerprint density at radius 1 is 0.958 bits per heavy atom. The van der Waals surface area contributed by atoms with Gasteiger partial charge in [-0.05, 0) is 49.2 Å². The summed E-state index contributed by atoms with van der Waals surface area (Å²) in [5, 5.41) is 12.5. The Balaban J connectivity index is 2.38. The van der Waals surface area contributed by atoms with Crippen LogP contribution in [0.15, 0.2) is 24.3 Å². The number of anilines is 1. The molecule has 0 atom stereocenters. The van der Waals surface area contributed by atoms with Crippen LogP contribution in [0.2, 0.25) is 0 Å². The van der Waals surface area contributed by atoms with Crippen LogP contribution in [-0.4, -0.2) is 32.3 Å². The fraction of sp³-hybridized carbons (Fsp3) is 0.278. The second-order valence-electron chi connectivity index (χ2n) is 5.25. The Hall–Kier alpha value is -2.89. The van der Waals surface area contributed by atoms with Crippen LogP contribution in [-0.2, 0) is 0 Å². The number of rotatable bonds is 5. The highest BCUT2D eigenvalue weighted by atomic mass is 16.5. The van der Waals surface area contributed by atoms with Crippen LogP contribution in [0.3, 0.4) is 0 Å². The van der Waals surface area contributed by atoms with E-state index in [2.05, 4.69) is 5.32 Å². The highest BCUT2D eigenvalue weighted by Crippen LogP contribution is 2.38. The summed E-state index contributed by atoms with van der Waals surface area (Å²) in [5.41, 5.74) is 2.52. The Labute approximate surface area is 141 Å². The number of phenolic OH excluding ortho intramolecular Hbond substituents is 1. The summed E-state index contributed by atoms with van der Waals surface area (Å²) in [4.78, 5) is 12.6. The minimum Gasteiger partial charge on any atom is -0.508 e. The molecule has 0 spiro atoms. The van der Waals surface area contributed by atoms with Gasteiger partial charge in [0.05, 0.1) is 21.3 Å². The van der Waals surface area contributed by atoms with E-state index in [4.69, 9.17) is 14.2 Å². The molecule has 6 heteroatoms. The first-order valence-electron chi connectivity index (χ1n) is 7.33. The molecule has 0 aliphatic rings. The molecule has 2 N–H and O–H groups in total. The van der Waals surface area contributed by atoms with Crippen molar-refractivity contribution < 1.29 is 24.1 Å². The zero-order valence-corrected chi connectivity index (χ0v) is 14.4. The zero-order valence-electron chi connectivity index (χ0n) is 14.4. The zero-order chi connectivity index (χ0) is 17.9. The molecule has 0 bridgehead atoms. The van der Waals surface area contributed by atoms with Crippen LogP contribution in [0.1, 0.15) is 21.5 Å². The van der Waals surface area contributed by atoms with Gasteiger partial charge in [-0.25, -0.2) is 0 Å². The van der Waals surface area contributed by atoms with Crippen molar-refractivity contribution in [3.05, 3.63) is 41.0 Å². The summed E-state index contributed by atoms with van der Waals surface area (Å²) >= 11 is 0. The third kappa shape index (κ3) is 3.22. The van der Waals surface area contributed by atoms with Gasteiger partial charge in [0.15, 0.2) is 11.5 Å². The largest absolute Gasteiger partial charge is 0.508 e. The van der Waals surface area contributed by atoms with E-state index in [0.717, 1.165) is 11.1 Å². The average Bonchev–Trinajstić information content (AvgIpc) is 2.60. The van der Waals surface area contributed by atoms with E-state index in [1.54, 1.807) is 31.2 Å². The number of carbonyl (C=O) groups excluding carboxylic acids is 1. The maximum absolute atomic E-state index is 12.6. The molecule has 2 rings (SSSR count). The Morgan fingerprint density at radius 2 is 1.54 bits per heavy atom. The maximum Gasteiger partial charge on any atom is 0.255 e. The first kappa shape index (κ1) is 17.5. The average molecular weight is 331 g/mol. The predicted molar refractivity (Wildman–Crippen MR) is 91.6 cm³/mol. The molecule has 0 saturated heterocycles. The number of nitrogens with one attached hydrogen (secondary N) is 1. The third-order valence-electron chi connectivity index (χ3n) is 3.93. The lowest BCUT2D eigenvalue weighted by atomic mass is 10.1. The van der Waals surface area contributed by atoms with Crippen LogP contribution >= 0.6 is 0 Å². The van der Waals surface area contributed by atoms with Crippen molar-refractivity contribution in [3.8, 4) is 23.0 Å². The fourth-order valence-corrected chi connectivity index (χ4v) is 2.35. The van der Waals surface area contributed by atoms with Crippen LogP contribution in [0.5, 0.6) is 23.0 Å². The minimum atomic E-state index is -0.317. The van der Waals surface area contributed by atoms with Gasteiger partial charge in [-0.1, -0.05) is 0 Å². The molecule has 128 valence electrons. The van der Waals surface area contributed by atoms with E-state index >= 15 is 0 Å². The van der Waals surface area contributed by atoms with E-state index < -0.39 is 0 Å². The molecule has 0 unspecified atom stereocenters. The molecule has 6 nitrogen and oxygen atoms in total. The van der Waals surface area contributed by atoms with Crippen LogP contribution in [0.25, 0.3) is 0 Å². The second-order valence-corrected chi connectivity index (χ2v) is 5.25. The smallest absolute Gasteiger partial charge is 0.255 e. The number of ether oxygens (including phenoxy) is 3. The van der Waals surface area contributed by atoms with E-state index in [-0.39, 0.29) is 11.7 Å². The fourth-order valence-electron chi connectivity index (χ4n) is 2.35. The van der Waals surface area contributed by atoms with E-state index in [0.29, 0.717) is 28.5 Å². The standard InChI is InChI=1S/C18H21NO5/c1-10-11(2)14(20)7-6-13(10)19-18(21)12-8-15(22-3)17(24-5)16(9-12)23-4/h6-9,20H,1-5H3,(H,19,21). The third-order valence-corrected chi connectivity index (χ3v) is 3.93. The predicted octanol–water partition coefficient (Wildman–Crippen LogP) is 3.29. The molecule has 0 saturated carbocycles. The minimum absolute atomic E-state index is 0.193. The number of hydrogen-bond donors (Lipinski definition) is 2. The maximum atomic E-state index is 12.6. The molecule has 1 amide bonds. The van der Waals surface area contributed by atoms with Gasteiger partial charge in [-0.3, -0.25) is 4.79 Å². The van der Waals surface area contributed by atoms with Crippen molar-refractivity contribution in [2.75, 3.05) is 26.6 Å². The lowest BCUT2D eigenvalue weighted by molar-refractivity contribution is 0.102. The molecule has 2 aromatic rings. The van der Waals surface area contributed by atoms with Gasteiger partial charge in [0, 0.05) is 11.3 Å². The van der Waals surface area contributed by atoms with Crippen molar-refractivity contribution >= 4 is 11.6 Å². The van der Waals surface area contributed by atoms with Crippen molar-refractivity contribution in [2.24, 2.45) is 0 Å². The lowest BCUT2D eigenvalue weighted by Gasteiger charge is -2.15. The number of carbonyl (C=O) groups is 1. The van der Waals surface area contributed by atoms with Crippen LogP contribution in [0, 0.1) is 13.8 Å². The summed E-state index contributed by atoms with van der Waals surface area (Å²) in [6.45, 7) is 3.62. The number of phenols is 1. The molecule has 0 heterocycles. The summed E-state index contributed by atoms with van der Waals surface area (Å²) < 4.78 is 15.8. The quantitative estimate of drug-likeness (QED) is 0.822. The van der Waals surface area contributed by atoms with Gasteiger partial charge < -0.3 is 24.6 Å². The molecular formula is C18H21NO5. The molecule has 0 radical (unpaired) electrons. The molecular weight excluding hydrogens is 310 g/mol. The first-order chi connectivity index (χ1) is 11.4. The van der Waals surface area contributed by atoms with Crippen molar-refractivity contribution in [2.45, 2.75) is 13.8 Å². The summed E-state index contributed by atoms with van der Waals surface area (Å²) in [6, 6.07) is 6.37. The summed E-state index contributed by atoms with van der Waals surface area (Å²) in [7, 11) is 4.49. The Kier molecular flexibility index (Phi) is 5.18. The summed E-state index contributed by atoms with van der Waals surface area (Å²) in [6.07, 6.45) is 0. The molecule has 0 aromatic heterocycles. The van der Waals surface area contributed by atoms with E-state index in [1.807, 2.05) is 6.92 Å². The van der Waals surface area contributed by atoms with Gasteiger partial charge in [0.1, 0.15) is 5.75 Å². The normalized spacial score (nSPS) is 10.2. The lowest BCUT2D eigenvalue weighted by Crippen LogP contribution is -2.13. The molecule has 2 aromatic carbocycles. The molecule has 0 aliphatic heterocycles. The Morgan fingerprint density at radius 3 is 2.04 bits per heavy atom. The number of hydrogen-bond acceptors (Lipinski definition) is 5. The molecule has 0 aliphatic carbocycles. The number of aromatic hydroxyl groups is 1. The monoisotopic (exact) mass is 331 g/mol. The molecule has 0 fully saturated rings. The summed E-state index contributed by atoms with van der Waals surface area (Å²) in [5.74, 6) is 1.11. The number of methoxy groups -OCH3 is 3. The number of benzene rings is 2. The van der Waals surface area contributed by atoms with Gasteiger partial charge in [0.2, 0.25) is 5.75 Å². The van der Waals surface area contributed by atoms with Crippen LogP contribution < -0.4 is 19.5 Å². The van der Waals surface area contributed by atoms with E-state index in [9.17, 15) is 9.90 Å². The van der Waals surface area contributed by atoms with Crippen molar-refractivity contribution in [1.82, 2.24) is 0 Å². The molecule has 24 heavy (non-hydrogen) atoms. The van der Waals surface area contributed by atoms with E-state index in [1.165, 1.54) is 21.3 Å². The topological polar surface area (TPSA) is 77.0 Å². The first-order valence-corrected chi connectivity index (χ1v) is 7.33. The van der Waals surface area contributed by atoms with Gasteiger partial charge >= 0.3 is 0 Å². The van der Waals surface area contributed by atoms with Gasteiger partial charge in [0.25, 0.3) is 5.91 Å². The SMILES string of the molecule is COc1cc(C(=O)Nc2ccc(O)c(C)c2C)cc(OC)c1OC.